The van der Waals surface area contributed by atoms with Crippen LogP contribution < -0.4 is 15.4 Å². The second-order valence-electron chi connectivity index (χ2n) is 15.1. The average molecular weight is 703 g/mol. The number of fused-ring (bicyclic) bond motifs is 5. The fourth-order valence-corrected chi connectivity index (χ4v) is 9.45. The van der Waals surface area contributed by atoms with Gasteiger partial charge in [-0.05, 0) is 56.2 Å². The van der Waals surface area contributed by atoms with Gasteiger partial charge in [-0.25, -0.2) is 9.37 Å². The minimum absolute atomic E-state index is 0.236. The number of benzene rings is 1. The van der Waals surface area contributed by atoms with Crippen molar-refractivity contribution < 1.29 is 18.7 Å². The average Bonchev–Trinajstić information content (AvgIpc) is 3.67. The van der Waals surface area contributed by atoms with E-state index >= 15 is 0 Å². The molecule has 2 saturated heterocycles. The number of amides is 1. The Morgan fingerprint density at radius 1 is 1.26 bits per heavy atom. The summed E-state index contributed by atoms with van der Waals surface area (Å²) in [7, 11) is 3.38. The summed E-state index contributed by atoms with van der Waals surface area (Å²) in [5.74, 6) is 0.519. The van der Waals surface area contributed by atoms with Crippen LogP contribution in [0.5, 0.6) is 5.88 Å². The topological polar surface area (TPSA) is 126 Å². The summed E-state index contributed by atoms with van der Waals surface area (Å²) < 4.78 is 30.0. The van der Waals surface area contributed by atoms with Crippen molar-refractivity contribution in [1.29, 1.82) is 5.26 Å². The van der Waals surface area contributed by atoms with E-state index < -0.39 is 11.8 Å². The molecule has 50 heavy (non-hydrogen) atoms. The number of nitriles is 1. The minimum atomic E-state index is -0.852. The highest BCUT2D eigenvalue weighted by molar-refractivity contribution is 6.34. The van der Waals surface area contributed by atoms with Crippen molar-refractivity contribution >= 4 is 28.9 Å². The molecule has 11 nitrogen and oxygen atoms in total. The van der Waals surface area contributed by atoms with Crippen molar-refractivity contribution in [3.8, 4) is 11.9 Å². The first kappa shape index (κ1) is 33.2. The van der Waals surface area contributed by atoms with E-state index in [0.717, 1.165) is 72.4 Å². The van der Waals surface area contributed by atoms with Crippen molar-refractivity contribution in [2.45, 2.75) is 94.8 Å². The normalized spacial score (nSPS) is 27.2. The molecular weight excluding hydrogens is 659 g/mol. The molecule has 2 N–H and O–H groups in total. The van der Waals surface area contributed by atoms with E-state index in [1.807, 2.05) is 22.9 Å². The van der Waals surface area contributed by atoms with Crippen molar-refractivity contribution in [3.05, 3.63) is 62.6 Å². The number of aromatic nitrogens is 3. The SMILES string of the molecule is C[C@H]1CC[C@]2(Cc3nc(OCC45CCCN4C[C@H](F)C5)cc(N4CCCn5nc(C(=O)N(C)C)c(Cl)c5C4)c3CO2)c2c1ccc(N)c2C#N. The van der Waals surface area contributed by atoms with Gasteiger partial charge in [-0.3, -0.25) is 14.4 Å². The van der Waals surface area contributed by atoms with Gasteiger partial charge in [-0.15, -0.1) is 0 Å². The summed E-state index contributed by atoms with van der Waals surface area (Å²) >= 11 is 6.87. The largest absolute Gasteiger partial charge is 0.476 e. The molecule has 264 valence electrons. The van der Waals surface area contributed by atoms with Gasteiger partial charge in [0.05, 0.1) is 40.7 Å². The fourth-order valence-electron chi connectivity index (χ4n) is 9.18. The summed E-state index contributed by atoms with van der Waals surface area (Å²) in [6, 6.07) is 8.24. The molecule has 0 saturated carbocycles. The first-order chi connectivity index (χ1) is 24.0. The van der Waals surface area contributed by atoms with Gasteiger partial charge < -0.3 is 25.0 Å². The first-order valence-corrected chi connectivity index (χ1v) is 18.1. The quantitative estimate of drug-likeness (QED) is 0.352. The number of carbonyl (C=O) groups excluding carboxylic acids is 1. The highest BCUT2D eigenvalue weighted by Gasteiger charge is 2.50. The van der Waals surface area contributed by atoms with E-state index in [0.29, 0.717) is 74.4 Å². The van der Waals surface area contributed by atoms with E-state index in [9.17, 15) is 14.4 Å². The molecule has 1 aromatic carbocycles. The number of nitrogen functional groups attached to an aromatic ring is 1. The van der Waals surface area contributed by atoms with Gasteiger partial charge in [0.1, 0.15) is 24.4 Å². The number of hydrogen-bond donors (Lipinski definition) is 1. The van der Waals surface area contributed by atoms with Crippen LogP contribution in [0, 0.1) is 11.3 Å². The number of halogens is 2. The molecule has 1 amide bonds. The molecule has 3 aromatic rings. The Hall–Kier alpha value is -3.92. The van der Waals surface area contributed by atoms with Crippen molar-refractivity contribution in [2.75, 3.05) is 51.0 Å². The lowest BCUT2D eigenvalue weighted by molar-refractivity contribution is -0.0871. The molecule has 4 atom stereocenters. The van der Waals surface area contributed by atoms with E-state index in [1.165, 1.54) is 4.90 Å². The maximum absolute atomic E-state index is 14.7. The first-order valence-electron chi connectivity index (χ1n) is 17.8. The third kappa shape index (κ3) is 5.31. The number of pyridine rings is 1. The van der Waals surface area contributed by atoms with Crippen LogP contribution in [0.2, 0.25) is 5.02 Å². The highest BCUT2D eigenvalue weighted by atomic mass is 35.5. The zero-order valence-electron chi connectivity index (χ0n) is 29.0. The number of alkyl halides is 1. The van der Waals surface area contributed by atoms with Gasteiger partial charge in [-0.2, -0.15) is 10.4 Å². The summed E-state index contributed by atoms with van der Waals surface area (Å²) in [6.45, 7) is 5.96. The van der Waals surface area contributed by atoms with E-state index in [1.54, 1.807) is 14.1 Å². The Labute approximate surface area is 297 Å². The monoisotopic (exact) mass is 702 g/mol. The Kier molecular flexibility index (Phi) is 8.24. The number of carbonyl (C=O) groups is 1. The van der Waals surface area contributed by atoms with Crippen LogP contribution in [0.3, 0.4) is 0 Å². The van der Waals surface area contributed by atoms with Gasteiger partial charge in [0.25, 0.3) is 5.91 Å². The molecule has 2 fully saturated rings. The zero-order chi connectivity index (χ0) is 34.9. The lowest BCUT2D eigenvalue weighted by Gasteiger charge is -2.45. The lowest BCUT2D eigenvalue weighted by Crippen LogP contribution is -2.44. The Bertz CT molecular complexity index is 1910. The minimum Gasteiger partial charge on any atom is -0.476 e. The van der Waals surface area contributed by atoms with Crippen molar-refractivity contribution in [1.82, 2.24) is 24.6 Å². The van der Waals surface area contributed by atoms with Crippen LogP contribution in [0.4, 0.5) is 15.8 Å². The molecule has 5 aliphatic rings. The van der Waals surface area contributed by atoms with Gasteiger partial charge in [0.2, 0.25) is 5.88 Å². The maximum Gasteiger partial charge on any atom is 0.275 e. The summed E-state index contributed by atoms with van der Waals surface area (Å²) in [4.78, 5) is 24.1. The summed E-state index contributed by atoms with van der Waals surface area (Å²) in [5, 5.41) is 15.3. The Balaban J connectivity index is 1.20. The second-order valence-corrected chi connectivity index (χ2v) is 15.5. The number of aryl methyl sites for hydroxylation is 1. The third-order valence-electron chi connectivity index (χ3n) is 11.8. The number of nitrogens with two attached hydrogens (primary N) is 1. The van der Waals surface area contributed by atoms with Gasteiger partial charge in [0, 0.05) is 75.1 Å². The van der Waals surface area contributed by atoms with Crippen LogP contribution in [-0.4, -0.2) is 82.5 Å². The Morgan fingerprint density at radius 2 is 2.10 bits per heavy atom. The molecule has 0 bridgehead atoms. The standard InChI is InChI=1S/C37H44ClFN8O3/c1-22-8-10-37(32-24(22)6-7-27(41)25(32)17-40)16-28-26(20-50-37)29(14-31(42-28)49-21-36-9-4-12-46(36)18-23(39)15-36)45-11-5-13-47-30(19-45)33(38)34(43-47)35(48)44(2)3/h6-7,14,22-23H,4-5,8-13,15-16,18-21,41H2,1-3H3/t22-,23+,36?,37-/m0/s1. The summed E-state index contributed by atoms with van der Waals surface area (Å²) in [6.07, 6.45) is 4.43. The molecule has 8 rings (SSSR count). The van der Waals surface area contributed by atoms with Crippen LogP contribution in [-0.2, 0) is 36.5 Å². The molecule has 4 aliphatic heterocycles. The number of ether oxygens (including phenoxy) is 2. The molecule has 1 aliphatic carbocycles. The van der Waals surface area contributed by atoms with Crippen LogP contribution >= 0.6 is 11.6 Å². The predicted molar refractivity (Wildman–Crippen MR) is 187 cm³/mol. The van der Waals surface area contributed by atoms with E-state index in [2.05, 4.69) is 27.9 Å². The molecule has 1 unspecified atom stereocenters. The van der Waals surface area contributed by atoms with E-state index in [4.69, 9.17) is 31.8 Å². The van der Waals surface area contributed by atoms with Gasteiger partial charge in [-0.1, -0.05) is 24.6 Å². The van der Waals surface area contributed by atoms with Crippen molar-refractivity contribution in [3.63, 3.8) is 0 Å². The zero-order valence-corrected chi connectivity index (χ0v) is 29.7. The van der Waals surface area contributed by atoms with Gasteiger partial charge in [0.15, 0.2) is 5.69 Å². The van der Waals surface area contributed by atoms with Crippen LogP contribution in [0.25, 0.3) is 0 Å². The summed E-state index contributed by atoms with van der Waals surface area (Å²) in [5.41, 5.74) is 12.0. The Morgan fingerprint density at radius 3 is 2.90 bits per heavy atom. The molecule has 6 heterocycles. The van der Waals surface area contributed by atoms with Crippen LogP contribution in [0.15, 0.2) is 18.2 Å². The molecule has 0 radical (unpaired) electrons. The molecule has 1 spiro atoms. The fraction of sp³-hybridized carbons (Fsp3) is 0.568. The number of nitrogens with zero attached hydrogens (tertiary/aromatic N) is 7. The molecule has 13 heteroatoms. The highest BCUT2D eigenvalue weighted by Crippen LogP contribution is 2.51. The number of rotatable bonds is 5. The predicted octanol–water partition coefficient (Wildman–Crippen LogP) is 5.32. The van der Waals surface area contributed by atoms with Crippen LogP contribution in [0.1, 0.15) is 95.5 Å². The maximum atomic E-state index is 14.7. The second kappa shape index (κ2) is 12.4. The number of hydrogen-bond acceptors (Lipinski definition) is 9. The third-order valence-corrected chi connectivity index (χ3v) is 12.2. The lowest BCUT2D eigenvalue weighted by atomic mass is 9.69. The van der Waals surface area contributed by atoms with Gasteiger partial charge >= 0.3 is 0 Å². The molecule has 2 aromatic heterocycles. The molecular formula is C37H44ClFN8O3. The van der Waals surface area contributed by atoms with E-state index in [-0.39, 0.29) is 23.1 Å². The smallest absolute Gasteiger partial charge is 0.275 e. The van der Waals surface area contributed by atoms with Crippen molar-refractivity contribution in [2.24, 2.45) is 0 Å². The number of anilines is 2.